The minimum absolute atomic E-state index is 0.0667. The summed E-state index contributed by atoms with van der Waals surface area (Å²) < 4.78 is 5.95. The average Bonchev–Trinajstić information content (AvgIpc) is 3.59. The molecule has 148 valence electrons. The lowest BCUT2D eigenvalue weighted by Crippen LogP contribution is -2.41. The van der Waals surface area contributed by atoms with Crippen LogP contribution in [0.1, 0.15) is 54.0 Å². The molecule has 0 radical (unpaired) electrons. The van der Waals surface area contributed by atoms with Crippen LogP contribution in [0.5, 0.6) is 0 Å². The topological polar surface area (TPSA) is 62.6 Å². The fourth-order valence-corrected chi connectivity index (χ4v) is 3.67. The zero-order chi connectivity index (χ0) is 19.8. The highest BCUT2D eigenvalue weighted by atomic mass is 35.5. The third-order valence-corrected chi connectivity index (χ3v) is 6.11. The molecule has 1 aromatic carbocycles. The molecule has 2 aromatic rings. The van der Waals surface area contributed by atoms with Crippen molar-refractivity contribution >= 4 is 35.0 Å². The van der Waals surface area contributed by atoms with Gasteiger partial charge < -0.3 is 14.6 Å². The van der Waals surface area contributed by atoms with Gasteiger partial charge >= 0.3 is 0 Å². The number of halogens is 2. The molecule has 2 aliphatic carbocycles. The van der Waals surface area contributed by atoms with Crippen molar-refractivity contribution in [2.75, 3.05) is 6.54 Å². The van der Waals surface area contributed by atoms with E-state index in [0.29, 0.717) is 34.0 Å². The summed E-state index contributed by atoms with van der Waals surface area (Å²) in [5.74, 6) is 2.53. The van der Waals surface area contributed by atoms with Gasteiger partial charge in [-0.2, -0.15) is 0 Å². The zero-order valence-corrected chi connectivity index (χ0v) is 17.1. The summed E-state index contributed by atoms with van der Waals surface area (Å²) in [6.45, 7) is 2.58. The van der Waals surface area contributed by atoms with E-state index < -0.39 is 0 Å². The summed E-state index contributed by atoms with van der Waals surface area (Å²) in [5.41, 5.74) is 0.370. The Morgan fingerprint density at radius 2 is 1.93 bits per heavy atom. The number of rotatable bonds is 7. The van der Waals surface area contributed by atoms with Crippen LogP contribution in [0, 0.1) is 5.92 Å². The van der Waals surface area contributed by atoms with Crippen LogP contribution in [0.15, 0.2) is 34.7 Å². The van der Waals surface area contributed by atoms with E-state index in [-0.39, 0.29) is 24.4 Å². The fourth-order valence-electron chi connectivity index (χ4n) is 3.37. The van der Waals surface area contributed by atoms with Crippen molar-refractivity contribution in [3.63, 3.8) is 0 Å². The first-order valence-corrected chi connectivity index (χ1v) is 10.3. The minimum atomic E-state index is -0.356. The highest BCUT2D eigenvalue weighted by molar-refractivity contribution is 6.42. The van der Waals surface area contributed by atoms with Crippen LogP contribution in [0.4, 0.5) is 0 Å². The first-order chi connectivity index (χ1) is 13.4. The summed E-state index contributed by atoms with van der Waals surface area (Å²) >= 11 is 11.8. The van der Waals surface area contributed by atoms with Crippen molar-refractivity contribution in [2.45, 2.75) is 44.7 Å². The van der Waals surface area contributed by atoms with Gasteiger partial charge in [0.05, 0.1) is 23.1 Å². The number of benzene rings is 1. The van der Waals surface area contributed by atoms with E-state index in [9.17, 15) is 9.59 Å². The van der Waals surface area contributed by atoms with Crippen molar-refractivity contribution in [2.24, 2.45) is 5.92 Å². The molecule has 0 bridgehead atoms. The number of hydrogen-bond acceptors (Lipinski definition) is 3. The van der Waals surface area contributed by atoms with Crippen LogP contribution in [0.25, 0.3) is 0 Å². The first kappa shape index (κ1) is 19.3. The number of nitrogens with one attached hydrogen (secondary N) is 1. The largest absolute Gasteiger partial charge is 0.464 e. The van der Waals surface area contributed by atoms with Crippen LogP contribution >= 0.6 is 23.2 Å². The number of amides is 2. The van der Waals surface area contributed by atoms with Crippen molar-refractivity contribution < 1.29 is 14.0 Å². The number of carbonyl (C=O) groups excluding carboxylic acids is 2. The second kappa shape index (κ2) is 7.80. The molecule has 1 aromatic heterocycles. The Bertz CT molecular complexity index is 907. The Hall–Kier alpha value is -1.98. The number of hydrogen-bond donors (Lipinski definition) is 1. The Kier molecular flexibility index (Phi) is 5.39. The molecular formula is C21H22Cl2N2O3. The maximum Gasteiger partial charge on any atom is 0.251 e. The van der Waals surface area contributed by atoms with Gasteiger partial charge in [0, 0.05) is 17.5 Å². The van der Waals surface area contributed by atoms with Crippen molar-refractivity contribution in [3.8, 4) is 0 Å². The lowest BCUT2D eigenvalue weighted by Gasteiger charge is -2.21. The Morgan fingerprint density at radius 3 is 2.57 bits per heavy atom. The lowest BCUT2D eigenvalue weighted by molar-refractivity contribution is -0.131. The monoisotopic (exact) mass is 420 g/mol. The van der Waals surface area contributed by atoms with Gasteiger partial charge in [-0.15, -0.1) is 0 Å². The highest BCUT2D eigenvalue weighted by Crippen LogP contribution is 2.47. The molecule has 1 N–H and O–H groups in total. The molecule has 0 spiro atoms. The second-order valence-electron chi connectivity index (χ2n) is 7.69. The predicted octanol–water partition coefficient (Wildman–Crippen LogP) is 4.63. The van der Waals surface area contributed by atoms with Crippen LogP contribution in [0.2, 0.25) is 10.0 Å². The van der Waals surface area contributed by atoms with Crippen LogP contribution in [-0.2, 0) is 11.3 Å². The third kappa shape index (κ3) is 4.36. The molecule has 2 unspecified atom stereocenters. The van der Waals surface area contributed by atoms with Crippen molar-refractivity contribution in [1.82, 2.24) is 10.2 Å². The van der Waals surface area contributed by atoms with Crippen LogP contribution in [0.3, 0.4) is 0 Å². The molecule has 0 aliphatic heterocycles. The number of nitrogens with zero attached hydrogens (tertiary/aromatic N) is 1. The molecule has 0 saturated heterocycles. The molecule has 2 saturated carbocycles. The molecule has 7 heteroatoms. The molecule has 1 heterocycles. The summed E-state index contributed by atoms with van der Waals surface area (Å²) in [6, 6.07) is 8.83. The van der Waals surface area contributed by atoms with Crippen LogP contribution < -0.4 is 5.32 Å². The van der Waals surface area contributed by atoms with E-state index in [2.05, 4.69) is 12.2 Å². The third-order valence-electron chi connectivity index (χ3n) is 5.37. The summed E-state index contributed by atoms with van der Waals surface area (Å²) in [4.78, 5) is 26.8. The van der Waals surface area contributed by atoms with Gasteiger partial charge in [0.1, 0.15) is 11.5 Å². The summed E-state index contributed by atoms with van der Waals surface area (Å²) in [5, 5.41) is 3.36. The fraction of sp³-hybridized carbons (Fsp3) is 0.429. The zero-order valence-electron chi connectivity index (χ0n) is 15.6. The van der Waals surface area contributed by atoms with Crippen molar-refractivity contribution in [1.29, 1.82) is 0 Å². The molecule has 5 nitrogen and oxygen atoms in total. The van der Waals surface area contributed by atoms with E-state index in [4.69, 9.17) is 27.6 Å². The van der Waals surface area contributed by atoms with Gasteiger partial charge in [-0.25, -0.2) is 0 Å². The maximum atomic E-state index is 12.7. The van der Waals surface area contributed by atoms with E-state index in [1.165, 1.54) is 12.5 Å². The normalized spacial score (nSPS) is 20.7. The molecule has 4 rings (SSSR count). The second-order valence-corrected chi connectivity index (χ2v) is 8.50. The van der Waals surface area contributed by atoms with E-state index in [0.717, 1.165) is 24.4 Å². The molecule has 28 heavy (non-hydrogen) atoms. The SMILES string of the molecule is CC1CC1c1ccc(CN(C(=O)CNC(=O)c2ccc(Cl)c(Cl)c2)C2CC2)o1. The van der Waals surface area contributed by atoms with Gasteiger partial charge in [-0.3, -0.25) is 9.59 Å². The Morgan fingerprint density at radius 1 is 1.18 bits per heavy atom. The van der Waals surface area contributed by atoms with Gasteiger partial charge in [0.2, 0.25) is 5.91 Å². The first-order valence-electron chi connectivity index (χ1n) is 9.53. The molecule has 2 amide bonds. The highest BCUT2D eigenvalue weighted by Gasteiger charge is 2.37. The lowest BCUT2D eigenvalue weighted by atomic mass is 10.2. The molecule has 2 atom stereocenters. The molecular weight excluding hydrogens is 399 g/mol. The van der Waals surface area contributed by atoms with Gasteiger partial charge in [0.15, 0.2) is 0 Å². The van der Waals surface area contributed by atoms with E-state index >= 15 is 0 Å². The standard InChI is InChI=1S/C21H22Cl2N2O3/c1-12-8-16(12)19-7-5-15(28-19)11-25(14-3-4-14)20(26)10-24-21(27)13-2-6-17(22)18(23)9-13/h2,5-7,9,12,14,16H,3-4,8,10-11H2,1H3,(H,24,27). The molecule has 2 aliphatic rings. The Balaban J connectivity index is 1.35. The minimum Gasteiger partial charge on any atom is -0.464 e. The Labute approximate surface area is 174 Å². The predicted molar refractivity (Wildman–Crippen MR) is 108 cm³/mol. The number of carbonyl (C=O) groups is 2. The van der Waals surface area contributed by atoms with E-state index in [1.807, 2.05) is 12.1 Å². The summed E-state index contributed by atoms with van der Waals surface area (Å²) in [6.07, 6.45) is 3.14. The van der Waals surface area contributed by atoms with Gasteiger partial charge in [-0.1, -0.05) is 30.1 Å². The van der Waals surface area contributed by atoms with Crippen molar-refractivity contribution in [3.05, 3.63) is 57.5 Å². The average molecular weight is 421 g/mol. The smallest absolute Gasteiger partial charge is 0.251 e. The van der Waals surface area contributed by atoms with Gasteiger partial charge in [0.25, 0.3) is 5.91 Å². The number of furan rings is 1. The van der Waals surface area contributed by atoms with Gasteiger partial charge in [-0.05, 0) is 55.5 Å². The molecule has 2 fully saturated rings. The quantitative estimate of drug-likeness (QED) is 0.709. The summed E-state index contributed by atoms with van der Waals surface area (Å²) in [7, 11) is 0. The van der Waals surface area contributed by atoms with Crippen LogP contribution in [-0.4, -0.2) is 29.3 Å². The van der Waals surface area contributed by atoms with E-state index in [1.54, 1.807) is 17.0 Å². The maximum absolute atomic E-state index is 12.7.